The summed E-state index contributed by atoms with van der Waals surface area (Å²) in [5, 5.41) is 6.47. The lowest BCUT2D eigenvalue weighted by molar-refractivity contribution is 0.102. The normalized spacial score (nSPS) is 10.4. The third kappa shape index (κ3) is 2.51. The van der Waals surface area contributed by atoms with Crippen LogP contribution in [0.2, 0.25) is 0 Å². The molecule has 0 spiro atoms. The first kappa shape index (κ1) is 12.6. The number of rotatable bonds is 2. The summed E-state index contributed by atoms with van der Waals surface area (Å²) in [7, 11) is 1.65. The van der Waals surface area contributed by atoms with Crippen molar-refractivity contribution in [1.82, 2.24) is 9.78 Å². The molecule has 0 atom stereocenters. The van der Waals surface area contributed by atoms with Gasteiger partial charge in [0.25, 0.3) is 5.91 Å². The Bertz CT molecular complexity index is 571. The smallest absolute Gasteiger partial charge is 0.257 e. The lowest BCUT2D eigenvalue weighted by Crippen LogP contribution is -2.15. The molecule has 2 rings (SSSR count). The zero-order valence-corrected chi connectivity index (χ0v) is 11.0. The molecule has 0 aliphatic heterocycles. The molecule has 0 aliphatic rings. The monoisotopic (exact) mass is 312 g/mol. The number of aromatic nitrogens is 2. The molecule has 1 amide bonds. The van der Waals surface area contributed by atoms with Gasteiger partial charge in [-0.05, 0) is 18.2 Å². The highest BCUT2D eigenvalue weighted by atomic mass is 79.9. The Kier molecular flexibility index (Phi) is 3.33. The zero-order valence-electron chi connectivity index (χ0n) is 9.45. The van der Waals surface area contributed by atoms with Crippen molar-refractivity contribution in [3.8, 4) is 0 Å². The minimum absolute atomic E-state index is 0.197. The number of anilines is 2. The van der Waals surface area contributed by atoms with Gasteiger partial charge in [-0.2, -0.15) is 5.10 Å². The van der Waals surface area contributed by atoms with Gasteiger partial charge in [-0.1, -0.05) is 15.9 Å². The molecule has 0 fully saturated rings. The van der Waals surface area contributed by atoms with Gasteiger partial charge in [-0.3, -0.25) is 9.48 Å². The lowest BCUT2D eigenvalue weighted by Gasteiger charge is -2.07. The van der Waals surface area contributed by atoms with Crippen LogP contribution in [0, 0.1) is 5.82 Å². The van der Waals surface area contributed by atoms with E-state index in [1.54, 1.807) is 7.05 Å². The maximum absolute atomic E-state index is 13.2. The van der Waals surface area contributed by atoms with Crippen LogP contribution in [0.3, 0.4) is 0 Å². The molecule has 0 radical (unpaired) electrons. The van der Waals surface area contributed by atoms with E-state index in [0.717, 1.165) is 6.07 Å². The van der Waals surface area contributed by atoms with Crippen LogP contribution in [0.4, 0.5) is 15.9 Å². The average molecular weight is 313 g/mol. The largest absolute Gasteiger partial charge is 0.394 e. The summed E-state index contributed by atoms with van der Waals surface area (Å²) in [5.74, 6) is -0.571. The molecule has 1 aromatic heterocycles. The van der Waals surface area contributed by atoms with Gasteiger partial charge in [0.05, 0.1) is 11.9 Å². The van der Waals surface area contributed by atoms with Crippen LogP contribution in [-0.4, -0.2) is 15.7 Å². The number of nitrogens with two attached hydrogens (primary N) is 1. The van der Waals surface area contributed by atoms with Crippen LogP contribution in [0.5, 0.6) is 0 Å². The molecule has 2 aromatic rings. The molecule has 18 heavy (non-hydrogen) atoms. The number of nitrogens with one attached hydrogen (secondary N) is 1. The predicted octanol–water partition coefficient (Wildman–Crippen LogP) is 2.16. The predicted molar refractivity (Wildman–Crippen MR) is 69.7 cm³/mol. The number of carbonyl (C=O) groups excluding carboxylic acids is 1. The van der Waals surface area contributed by atoms with Crippen molar-refractivity contribution >= 4 is 33.3 Å². The molecule has 0 aliphatic carbocycles. The van der Waals surface area contributed by atoms with Gasteiger partial charge in [-0.25, -0.2) is 4.39 Å². The maximum atomic E-state index is 13.2. The number of hydrogen-bond acceptors (Lipinski definition) is 3. The maximum Gasteiger partial charge on any atom is 0.257 e. The van der Waals surface area contributed by atoms with Gasteiger partial charge in [0.15, 0.2) is 5.82 Å². The van der Waals surface area contributed by atoms with Crippen molar-refractivity contribution in [1.29, 1.82) is 0 Å². The van der Waals surface area contributed by atoms with E-state index in [9.17, 15) is 9.18 Å². The molecule has 0 unspecified atom stereocenters. The standard InChI is InChI=1S/C11H10BrFN4O/c1-17-10(9(14)5-15-17)16-11(18)6-2-7(12)4-8(13)3-6/h2-5H,14H2,1H3,(H,16,18). The number of amides is 1. The van der Waals surface area contributed by atoms with Crippen LogP contribution >= 0.6 is 15.9 Å². The summed E-state index contributed by atoms with van der Waals surface area (Å²) in [6.07, 6.45) is 1.43. The number of nitrogen functional groups attached to an aromatic ring is 1. The van der Waals surface area contributed by atoms with Gasteiger partial charge in [-0.15, -0.1) is 0 Å². The van der Waals surface area contributed by atoms with Gasteiger partial charge in [0.2, 0.25) is 0 Å². The van der Waals surface area contributed by atoms with Gasteiger partial charge in [0.1, 0.15) is 5.82 Å². The number of aryl methyl sites for hydroxylation is 1. The minimum Gasteiger partial charge on any atom is -0.394 e. The van der Waals surface area contributed by atoms with Gasteiger partial charge < -0.3 is 11.1 Å². The second-order valence-corrected chi connectivity index (χ2v) is 4.60. The van der Waals surface area contributed by atoms with E-state index in [2.05, 4.69) is 26.3 Å². The number of hydrogen-bond donors (Lipinski definition) is 2. The van der Waals surface area contributed by atoms with Gasteiger partial charge in [0, 0.05) is 17.1 Å². The molecule has 1 heterocycles. The first-order chi connectivity index (χ1) is 8.47. The van der Waals surface area contributed by atoms with E-state index in [4.69, 9.17) is 5.73 Å². The van der Waals surface area contributed by atoms with E-state index in [1.807, 2.05) is 0 Å². The molecule has 0 saturated carbocycles. The quantitative estimate of drug-likeness (QED) is 0.892. The Labute approximate surface area is 111 Å². The first-order valence-corrected chi connectivity index (χ1v) is 5.81. The van der Waals surface area contributed by atoms with Crippen molar-refractivity contribution in [3.63, 3.8) is 0 Å². The molecule has 0 bridgehead atoms. The summed E-state index contributed by atoms with van der Waals surface area (Å²) in [5.41, 5.74) is 6.19. The fourth-order valence-corrected chi connectivity index (χ4v) is 1.94. The van der Waals surface area contributed by atoms with E-state index < -0.39 is 11.7 Å². The number of carbonyl (C=O) groups is 1. The third-order valence-corrected chi connectivity index (χ3v) is 2.78. The van der Waals surface area contributed by atoms with E-state index in [1.165, 1.54) is 23.0 Å². The molecule has 3 N–H and O–H groups in total. The molecule has 5 nitrogen and oxygen atoms in total. The number of nitrogens with zero attached hydrogens (tertiary/aromatic N) is 2. The molecular weight excluding hydrogens is 303 g/mol. The highest BCUT2D eigenvalue weighted by Crippen LogP contribution is 2.19. The summed E-state index contributed by atoms with van der Waals surface area (Å²) >= 11 is 3.13. The van der Waals surface area contributed by atoms with Crippen molar-refractivity contribution in [2.45, 2.75) is 0 Å². The van der Waals surface area contributed by atoms with Crippen LogP contribution < -0.4 is 11.1 Å². The van der Waals surface area contributed by atoms with Crippen molar-refractivity contribution in [2.24, 2.45) is 7.05 Å². The van der Waals surface area contributed by atoms with Crippen molar-refractivity contribution in [3.05, 3.63) is 40.2 Å². The van der Waals surface area contributed by atoms with Crippen molar-refractivity contribution < 1.29 is 9.18 Å². The Morgan fingerprint density at radius 1 is 1.50 bits per heavy atom. The summed E-state index contributed by atoms with van der Waals surface area (Å²) < 4.78 is 15.1. The molecular formula is C11H10BrFN4O. The lowest BCUT2D eigenvalue weighted by atomic mass is 10.2. The topological polar surface area (TPSA) is 72.9 Å². The average Bonchev–Trinajstić information content (AvgIpc) is 2.59. The van der Waals surface area contributed by atoms with Crippen LogP contribution in [0.1, 0.15) is 10.4 Å². The Morgan fingerprint density at radius 2 is 2.22 bits per heavy atom. The molecule has 0 saturated heterocycles. The van der Waals surface area contributed by atoms with Crippen molar-refractivity contribution in [2.75, 3.05) is 11.1 Å². The molecule has 1 aromatic carbocycles. The SMILES string of the molecule is Cn1ncc(N)c1NC(=O)c1cc(F)cc(Br)c1. The Hall–Kier alpha value is -1.89. The zero-order chi connectivity index (χ0) is 13.3. The second kappa shape index (κ2) is 4.77. The van der Waals surface area contributed by atoms with Crippen LogP contribution in [0.25, 0.3) is 0 Å². The van der Waals surface area contributed by atoms with Crippen LogP contribution in [0.15, 0.2) is 28.9 Å². The first-order valence-electron chi connectivity index (χ1n) is 5.02. The highest BCUT2D eigenvalue weighted by molar-refractivity contribution is 9.10. The number of benzene rings is 1. The third-order valence-electron chi connectivity index (χ3n) is 2.32. The Morgan fingerprint density at radius 3 is 2.78 bits per heavy atom. The fourth-order valence-electron chi connectivity index (χ4n) is 1.47. The second-order valence-electron chi connectivity index (χ2n) is 3.68. The van der Waals surface area contributed by atoms with E-state index in [0.29, 0.717) is 16.0 Å². The summed E-state index contributed by atoms with van der Waals surface area (Å²) in [6, 6.07) is 3.94. The fraction of sp³-hybridized carbons (Fsp3) is 0.0909. The Balaban J connectivity index is 2.27. The molecule has 7 heteroatoms. The van der Waals surface area contributed by atoms with E-state index in [-0.39, 0.29) is 5.56 Å². The van der Waals surface area contributed by atoms with E-state index >= 15 is 0 Å². The summed E-state index contributed by atoms with van der Waals surface area (Å²) in [4.78, 5) is 11.9. The summed E-state index contributed by atoms with van der Waals surface area (Å²) in [6.45, 7) is 0. The number of halogens is 2. The minimum atomic E-state index is -0.493. The molecule has 94 valence electrons. The van der Waals surface area contributed by atoms with Gasteiger partial charge >= 0.3 is 0 Å². The highest BCUT2D eigenvalue weighted by Gasteiger charge is 2.12. The van der Waals surface area contributed by atoms with Crippen LogP contribution in [-0.2, 0) is 7.05 Å².